The van der Waals surface area contributed by atoms with Crippen molar-refractivity contribution in [2.75, 3.05) is 0 Å². The number of aryl methyl sites for hydroxylation is 1. The molecule has 0 bridgehead atoms. The molecule has 116 valence electrons. The SMILES string of the molecule is Cc1cc(C=C(C#N)C(N)=S)c(C)n1-c1ccc(C(=O)O)cc1. The molecule has 5 nitrogen and oxygen atoms in total. The molecule has 2 rings (SSSR count). The maximum absolute atomic E-state index is 10.9. The van der Waals surface area contributed by atoms with Crippen LogP contribution < -0.4 is 5.73 Å². The first-order valence-corrected chi connectivity index (χ1v) is 7.20. The molecule has 0 aliphatic heterocycles. The van der Waals surface area contributed by atoms with Gasteiger partial charge in [-0.3, -0.25) is 0 Å². The molecule has 0 unspecified atom stereocenters. The number of thiocarbonyl (C=S) groups is 1. The van der Waals surface area contributed by atoms with Crippen molar-refractivity contribution in [1.82, 2.24) is 4.57 Å². The molecule has 6 heteroatoms. The highest BCUT2D eigenvalue weighted by molar-refractivity contribution is 7.80. The Balaban J connectivity index is 2.52. The zero-order valence-electron chi connectivity index (χ0n) is 12.7. The molecule has 1 aromatic carbocycles. The molecule has 0 aliphatic carbocycles. The molecule has 0 spiro atoms. The summed E-state index contributed by atoms with van der Waals surface area (Å²) in [6.07, 6.45) is 1.66. The number of nitrogens with two attached hydrogens (primary N) is 1. The van der Waals surface area contributed by atoms with Gasteiger partial charge in [0.1, 0.15) is 11.1 Å². The van der Waals surface area contributed by atoms with Gasteiger partial charge in [-0.2, -0.15) is 5.26 Å². The predicted octanol–water partition coefficient (Wildman–Crippen LogP) is 2.99. The first kappa shape index (κ1) is 16.5. The highest BCUT2D eigenvalue weighted by Crippen LogP contribution is 2.23. The van der Waals surface area contributed by atoms with Crippen molar-refractivity contribution in [1.29, 1.82) is 5.26 Å². The molecule has 0 saturated heterocycles. The van der Waals surface area contributed by atoms with Crippen LogP contribution in [0.15, 0.2) is 35.9 Å². The fraction of sp³-hybridized carbons (Fsp3) is 0.118. The minimum Gasteiger partial charge on any atom is -0.478 e. The molecule has 0 aliphatic rings. The minimum atomic E-state index is -0.962. The molecule has 0 fully saturated rings. The summed E-state index contributed by atoms with van der Waals surface area (Å²) in [7, 11) is 0. The maximum atomic E-state index is 10.9. The fourth-order valence-electron chi connectivity index (χ4n) is 2.40. The van der Waals surface area contributed by atoms with E-state index < -0.39 is 5.97 Å². The molecule has 23 heavy (non-hydrogen) atoms. The molecule has 1 aromatic heterocycles. The molecule has 0 atom stereocenters. The van der Waals surface area contributed by atoms with Crippen LogP contribution in [0.1, 0.15) is 27.3 Å². The second-order valence-electron chi connectivity index (χ2n) is 5.05. The Morgan fingerprint density at radius 1 is 1.35 bits per heavy atom. The number of benzene rings is 1. The van der Waals surface area contributed by atoms with Gasteiger partial charge >= 0.3 is 5.97 Å². The van der Waals surface area contributed by atoms with Crippen molar-refractivity contribution < 1.29 is 9.90 Å². The van der Waals surface area contributed by atoms with Gasteiger partial charge in [0, 0.05) is 17.1 Å². The summed E-state index contributed by atoms with van der Waals surface area (Å²) in [5.41, 5.74) is 9.56. The molecule has 0 amide bonds. The van der Waals surface area contributed by atoms with Crippen LogP contribution in [0.5, 0.6) is 0 Å². The van der Waals surface area contributed by atoms with Gasteiger partial charge in [0.25, 0.3) is 0 Å². The van der Waals surface area contributed by atoms with Crippen LogP contribution in [0.3, 0.4) is 0 Å². The third-order valence-electron chi connectivity index (χ3n) is 3.53. The van der Waals surface area contributed by atoms with E-state index in [2.05, 4.69) is 0 Å². The van der Waals surface area contributed by atoms with Crippen LogP contribution >= 0.6 is 12.2 Å². The summed E-state index contributed by atoms with van der Waals surface area (Å²) in [4.78, 5) is 11.0. The van der Waals surface area contributed by atoms with Gasteiger partial charge in [-0.05, 0) is 55.8 Å². The van der Waals surface area contributed by atoms with Gasteiger partial charge in [0.15, 0.2) is 0 Å². The smallest absolute Gasteiger partial charge is 0.335 e. The standard InChI is InChI=1S/C17H15N3O2S/c1-10-7-13(8-14(9-18)16(19)23)11(2)20(10)15-5-3-12(4-6-15)17(21)22/h3-8H,1-2H3,(H2,19,23)(H,21,22). The van der Waals surface area contributed by atoms with Crippen molar-refractivity contribution in [2.24, 2.45) is 5.73 Å². The maximum Gasteiger partial charge on any atom is 0.335 e. The largest absolute Gasteiger partial charge is 0.478 e. The summed E-state index contributed by atoms with van der Waals surface area (Å²) in [6, 6.07) is 10.5. The second kappa shape index (κ2) is 6.46. The molecular weight excluding hydrogens is 310 g/mol. The predicted molar refractivity (Wildman–Crippen MR) is 92.6 cm³/mol. The summed E-state index contributed by atoms with van der Waals surface area (Å²) in [5, 5.41) is 18.0. The van der Waals surface area contributed by atoms with Crippen molar-refractivity contribution >= 4 is 29.3 Å². The van der Waals surface area contributed by atoms with E-state index in [4.69, 9.17) is 28.3 Å². The van der Waals surface area contributed by atoms with E-state index in [0.29, 0.717) is 0 Å². The van der Waals surface area contributed by atoms with E-state index in [1.165, 1.54) is 0 Å². The Morgan fingerprint density at radius 2 is 1.96 bits per heavy atom. The van der Waals surface area contributed by atoms with Crippen LogP contribution in [0, 0.1) is 25.2 Å². The average molecular weight is 325 g/mol. The lowest BCUT2D eigenvalue weighted by Gasteiger charge is -2.10. The molecule has 0 radical (unpaired) electrons. The van der Waals surface area contributed by atoms with E-state index in [1.807, 2.05) is 30.6 Å². The highest BCUT2D eigenvalue weighted by atomic mass is 32.1. The lowest BCUT2D eigenvalue weighted by Crippen LogP contribution is -2.09. The number of carboxylic acids is 1. The highest BCUT2D eigenvalue weighted by Gasteiger charge is 2.11. The van der Waals surface area contributed by atoms with Gasteiger partial charge < -0.3 is 15.4 Å². The molecule has 0 saturated carbocycles. The normalized spacial score (nSPS) is 11.1. The van der Waals surface area contributed by atoms with E-state index in [9.17, 15) is 4.79 Å². The second-order valence-corrected chi connectivity index (χ2v) is 5.49. The number of hydrogen-bond acceptors (Lipinski definition) is 3. The Kier molecular flexibility index (Phi) is 4.63. The zero-order valence-corrected chi connectivity index (χ0v) is 13.5. The summed E-state index contributed by atoms with van der Waals surface area (Å²) in [5.74, 6) is -0.962. The Hall–Kier alpha value is -2.91. The van der Waals surface area contributed by atoms with Crippen LogP contribution in [0.4, 0.5) is 0 Å². The van der Waals surface area contributed by atoms with Gasteiger partial charge in [-0.15, -0.1) is 0 Å². The molecular formula is C17H15N3O2S. The van der Waals surface area contributed by atoms with Crippen molar-refractivity contribution in [3.63, 3.8) is 0 Å². The first-order valence-electron chi connectivity index (χ1n) is 6.79. The number of aromatic carboxylic acids is 1. The Morgan fingerprint density at radius 3 is 2.43 bits per heavy atom. The molecule has 3 N–H and O–H groups in total. The number of hydrogen-bond donors (Lipinski definition) is 2. The molecule has 2 aromatic rings. The summed E-state index contributed by atoms with van der Waals surface area (Å²) in [6.45, 7) is 3.85. The van der Waals surface area contributed by atoms with E-state index in [-0.39, 0.29) is 16.1 Å². The van der Waals surface area contributed by atoms with Gasteiger partial charge in [0.2, 0.25) is 0 Å². The monoisotopic (exact) mass is 325 g/mol. The van der Waals surface area contributed by atoms with Gasteiger partial charge in [-0.25, -0.2) is 4.79 Å². The van der Waals surface area contributed by atoms with Crippen molar-refractivity contribution in [3.05, 3.63) is 58.4 Å². The van der Waals surface area contributed by atoms with Crippen molar-refractivity contribution in [3.8, 4) is 11.8 Å². The van der Waals surface area contributed by atoms with E-state index in [0.717, 1.165) is 22.6 Å². The van der Waals surface area contributed by atoms with Gasteiger partial charge in [0.05, 0.1) is 11.1 Å². The third-order valence-corrected chi connectivity index (χ3v) is 3.75. The lowest BCUT2D eigenvalue weighted by molar-refractivity contribution is 0.0697. The number of carbonyl (C=O) groups is 1. The number of nitriles is 1. The summed E-state index contributed by atoms with van der Waals surface area (Å²) >= 11 is 4.85. The number of nitrogens with zero attached hydrogens (tertiary/aromatic N) is 2. The van der Waals surface area contributed by atoms with Crippen LogP contribution in [-0.2, 0) is 0 Å². The molecule has 1 heterocycles. The van der Waals surface area contributed by atoms with E-state index in [1.54, 1.807) is 30.3 Å². The zero-order chi connectivity index (χ0) is 17.1. The minimum absolute atomic E-state index is 0.0584. The fourth-order valence-corrected chi connectivity index (χ4v) is 2.50. The van der Waals surface area contributed by atoms with Crippen LogP contribution in [0.2, 0.25) is 0 Å². The first-order chi connectivity index (χ1) is 10.8. The van der Waals surface area contributed by atoms with Gasteiger partial charge in [-0.1, -0.05) is 12.2 Å². The van der Waals surface area contributed by atoms with E-state index >= 15 is 0 Å². The average Bonchev–Trinajstić information content (AvgIpc) is 2.78. The Bertz CT molecular complexity index is 855. The number of aromatic nitrogens is 1. The summed E-state index contributed by atoms with van der Waals surface area (Å²) < 4.78 is 1.98. The number of rotatable bonds is 4. The topological polar surface area (TPSA) is 92.0 Å². The Labute approximate surface area is 139 Å². The third kappa shape index (κ3) is 3.30. The quantitative estimate of drug-likeness (QED) is 0.512. The van der Waals surface area contributed by atoms with Crippen LogP contribution in [0.25, 0.3) is 11.8 Å². The lowest BCUT2D eigenvalue weighted by atomic mass is 10.1. The van der Waals surface area contributed by atoms with Crippen LogP contribution in [-0.4, -0.2) is 20.6 Å². The number of carboxylic acid groups (broad SMARTS) is 1. The van der Waals surface area contributed by atoms with Crippen molar-refractivity contribution in [2.45, 2.75) is 13.8 Å².